The molecule has 0 spiro atoms. The van der Waals surface area contributed by atoms with Crippen LogP contribution in [0.1, 0.15) is 30.1 Å². The van der Waals surface area contributed by atoms with E-state index in [4.69, 9.17) is 0 Å². The number of carbonyl (C=O) groups is 2. The summed E-state index contributed by atoms with van der Waals surface area (Å²) < 4.78 is 13.0. The van der Waals surface area contributed by atoms with Crippen molar-refractivity contribution in [3.63, 3.8) is 0 Å². The first-order valence-corrected chi connectivity index (χ1v) is 8.15. The van der Waals surface area contributed by atoms with E-state index >= 15 is 0 Å². The van der Waals surface area contributed by atoms with Crippen LogP contribution in [-0.2, 0) is 4.79 Å². The largest absolute Gasteiger partial charge is 0.340 e. The fourth-order valence-electron chi connectivity index (χ4n) is 2.66. The standard InChI is InChI=1S/C17H24FN3O2/c1-2-10-21(17(23)14-3-5-15(18)6-4-14)11-7-16(22)20-12-8-19-9-13-20/h3-6,19H,2,7-13H2,1H3. The average Bonchev–Trinajstić information content (AvgIpc) is 2.59. The second-order valence-electron chi connectivity index (χ2n) is 5.68. The molecule has 1 N–H and O–H groups in total. The highest BCUT2D eigenvalue weighted by Crippen LogP contribution is 2.09. The second-order valence-corrected chi connectivity index (χ2v) is 5.68. The van der Waals surface area contributed by atoms with E-state index in [2.05, 4.69) is 5.32 Å². The molecule has 6 heteroatoms. The molecule has 0 radical (unpaired) electrons. The summed E-state index contributed by atoms with van der Waals surface area (Å²) in [4.78, 5) is 28.2. The Hall–Kier alpha value is -1.95. The highest BCUT2D eigenvalue weighted by atomic mass is 19.1. The third-order valence-electron chi connectivity index (χ3n) is 3.94. The van der Waals surface area contributed by atoms with E-state index in [1.165, 1.54) is 24.3 Å². The molecule has 0 atom stereocenters. The van der Waals surface area contributed by atoms with E-state index in [0.717, 1.165) is 32.6 Å². The van der Waals surface area contributed by atoms with Gasteiger partial charge in [0.05, 0.1) is 0 Å². The van der Waals surface area contributed by atoms with Crippen molar-refractivity contribution in [1.82, 2.24) is 15.1 Å². The summed E-state index contributed by atoms with van der Waals surface area (Å²) in [5.74, 6) is -0.433. The van der Waals surface area contributed by atoms with Crippen molar-refractivity contribution >= 4 is 11.8 Å². The van der Waals surface area contributed by atoms with E-state index in [9.17, 15) is 14.0 Å². The van der Waals surface area contributed by atoms with Crippen molar-refractivity contribution in [2.45, 2.75) is 19.8 Å². The second kappa shape index (κ2) is 8.62. The number of halogens is 1. The summed E-state index contributed by atoms with van der Waals surface area (Å²) >= 11 is 0. The Balaban J connectivity index is 1.93. The lowest BCUT2D eigenvalue weighted by atomic mass is 10.2. The van der Waals surface area contributed by atoms with Crippen LogP contribution >= 0.6 is 0 Å². The Labute approximate surface area is 136 Å². The molecule has 23 heavy (non-hydrogen) atoms. The maximum absolute atomic E-state index is 13.0. The topological polar surface area (TPSA) is 52.7 Å². The summed E-state index contributed by atoms with van der Waals surface area (Å²) in [6.07, 6.45) is 1.14. The third kappa shape index (κ3) is 5.03. The fourth-order valence-corrected chi connectivity index (χ4v) is 2.66. The molecule has 1 aliphatic heterocycles. The van der Waals surface area contributed by atoms with Gasteiger partial charge in [-0.15, -0.1) is 0 Å². The number of hydrogen-bond donors (Lipinski definition) is 1. The van der Waals surface area contributed by atoms with Crippen LogP contribution in [0, 0.1) is 5.82 Å². The van der Waals surface area contributed by atoms with Crippen LogP contribution in [0.2, 0.25) is 0 Å². The van der Waals surface area contributed by atoms with Gasteiger partial charge in [0.2, 0.25) is 5.91 Å². The van der Waals surface area contributed by atoms with Gasteiger partial charge in [0.25, 0.3) is 5.91 Å². The molecule has 2 rings (SSSR count). The van der Waals surface area contributed by atoms with E-state index in [1.54, 1.807) is 4.90 Å². The number of piperazine rings is 1. The molecule has 0 unspecified atom stereocenters. The number of carbonyl (C=O) groups excluding carboxylic acids is 2. The monoisotopic (exact) mass is 321 g/mol. The minimum absolute atomic E-state index is 0.0829. The summed E-state index contributed by atoms with van der Waals surface area (Å²) in [6.45, 7) is 6.05. The molecule has 1 aromatic carbocycles. The normalized spacial score (nSPS) is 14.6. The molecule has 1 saturated heterocycles. The lowest BCUT2D eigenvalue weighted by molar-refractivity contribution is -0.131. The maximum Gasteiger partial charge on any atom is 0.253 e. The first-order valence-electron chi connectivity index (χ1n) is 8.15. The quantitative estimate of drug-likeness (QED) is 0.864. The fraction of sp³-hybridized carbons (Fsp3) is 0.529. The van der Waals surface area contributed by atoms with E-state index in [1.807, 2.05) is 11.8 Å². The number of amides is 2. The van der Waals surface area contributed by atoms with Gasteiger partial charge in [0, 0.05) is 51.3 Å². The number of nitrogens with one attached hydrogen (secondary N) is 1. The number of rotatable bonds is 6. The Morgan fingerprint density at radius 1 is 1.17 bits per heavy atom. The van der Waals surface area contributed by atoms with Gasteiger partial charge in [-0.2, -0.15) is 0 Å². The lowest BCUT2D eigenvalue weighted by Gasteiger charge is -2.29. The molecule has 1 fully saturated rings. The first-order chi connectivity index (χ1) is 11.1. The molecular weight excluding hydrogens is 297 g/mol. The summed E-state index contributed by atoms with van der Waals surface area (Å²) in [7, 11) is 0. The molecule has 1 heterocycles. The zero-order chi connectivity index (χ0) is 16.7. The van der Waals surface area contributed by atoms with Crippen molar-refractivity contribution in [2.24, 2.45) is 0 Å². The highest BCUT2D eigenvalue weighted by Gasteiger charge is 2.20. The number of nitrogens with zero attached hydrogens (tertiary/aromatic N) is 2. The summed E-state index contributed by atoms with van der Waals surface area (Å²) in [5, 5.41) is 3.21. The molecule has 2 amide bonds. The zero-order valence-electron chi connectivity index (χ0n) is 13.6. The molecule has 1 aromatic rings. The van der Waals surface area contributed by atoms with E-state index in [0.29, 0.717) is 25.1 Å². The van der Waals surface area contributed by atoms with Crippen LogP contribution in [0.3, 0.4) is 0 Å². The van der Waals surface area contributed by atoms with Crippen molar-refractivity contribution in [3.05, 3.63) is 35.6 Å². The SMILES string of the molecule is CCCN(CCC(=O)N1CCNCC1)C(=O)c1ccc(F)cc1. The third-order valence-corrected chi connectivity index (χ3v) is 3.94. The summed E-state index contributed by atoms with van der Waals surface area (Å²) in [6, 6.07) is 5.53. The highest BCUT2D eigenvalue weighted by molar-refractivity contribution is 5.94. The number of benzene rings is 1. The maximum atomic E-state index is 13.0. The zero-order valence-corrected chi connectivity index (χ0v) is 13.6. The molecule has 0 saturated carbocycles. The lowest BCUT2D eigenvalue weighted by Crippen LogP contribution is -2.47. The predicted molar refractivity (Wildman–Crippen MR) is 86.7 cm³/mol. The average molecular weight is 321 g/mol. The molecule has 0 aromatic heterocycles. The van der Waals surface area contributed by atoms with Crippen LogP contribution in [0.15, 0.2) is 24.3 Å². The van der Waals surface area contributed by atoms with Crippen molar-refractivity contribution in [3.8, 4) is 0 Å². The van der Waals surface area contributed by atoms with Crippen LogP contribution in [0.4, 0.5) is 4.39 Å². The molecule has 126 valence electrons. The Bertz CT molecular complexity index is 527. The molecule has 1 aliphatic rings. The van der Waals surface area contributed by atoms with E-state index < -0.39 is 0 Å². The van der Waals surface area contributed by atoms with Gasteiger partial charge in [0.15, 0.2) is 0 Å². The van der Waals surface area contributed by atoms with Gasteiger partial charge in [-0.1, -0.05) is 6.92 Å². The smallest absolute Gasteiger partial charge is 0.253 e. The Morgan fingerprint density at radius 3 is 2.43 bits per heavy atom. The Morgan fingerprint density at radius 2 is 1.83 bits per heavy atom. The van der Waals surface area contributed by atoms with Gasteiger partial charge in [-0.25, -0.2) is 4.39 Å². The van der Waals surface area contributed by atoms with Crippen molar-refractivity contribution in [1.29, 1.82) is 0 Å². The molecule has 0 aliphatic carbocycles. The van der Waals surface area contributed by atoms with Crippen LogP contribution in [0.5, 0.6) is 0 Å². The predicted octanol–water partition coefficient (Wildman–Crippen LogP) is 1.50. The van der Waals surface area contributed by atoms with Gasteiger partial charge in [-0.05, 0) is 30.7 Å². The minimum Gasteiger partial charge on any atom is -0.340 e. The van der Waals surface area contributed by atoms with Gasteiger partial charge < -0.3 is 15.1 Å². The van der Waals surface area contributed by atoms with Gasteiger partial charge in [0.1, 0.15) is 5.82 Å². The minimum atomic E-state index is -0.363. The van der Waals surface area contributed by atoms with E-state index in [-0.39, 0.29) is 17.6 Å². The first kappa shape index (κ1) is 17.4. The van der Waals surface area contributed by atoms with Gasteiger partial charge in [-0.3, -0.25) is 9.59 Å². The Kier molecular flexibility index (Phi) is 6.52. The molecule has 0 bridgehead atoms. The van der Waals surface area contributed by atoms with Crippen molar-refractivity contribution < 1.29 is 14.0 Å². The number of hydrogen-bond acceptors (Lipinski definition) is 3. The van der Waals surface area contributed by atoms with Crippen LogP contribution in [-0.4, -0.2) is 60.9 Å². The van der Waals surface area contributed by atoms with Gasteiger partial charge >= 0.3 is 0 Å². The van der Waals surface area contributed by atoms with Crippen molar-refractivity contribution in [2.75, 3.05) is 39.3 Å². The van der Waals surface area contributed by atoms with Crippen LogP contribution < -0.4 is 5.32 Å². The summed E-state index contributed by atoms with van der Waals surface area (Å²) in [5.41, 5.74) is 0.453. The molecule has 5 nitrogen and oxygen atoms in total. The van der Waals surface area contributed by atoms with Crippen LogP contribution in [0.25, 0.3) is 0 Å². The molecular formula is C17H24FN3O2.